The first-order valence-corrected chi connectivity index (χ1v) is 18.1. The van der Waals surface area contributed by atoms with Gasteiger partial charge in [-0.05, 0) is 86.6 Å². The molecule has 11 nitrogen and oxygen atoms in total. The lowest BCUT2D eigenvalue weighted by molar-refractivity contribution is -0.132. The van der Waals surface area contributed by atoms with Crippen molar-refractivity contribution in [3.05, 3.63) is 48.3 Å². The maximum absolute atomic E-state index is 14.6. The van der Waals surface area contributed by atoms with Gasteiger partial charge in [0.2, 0.25) is 5.91 Å². The van der Waals surface area contributed by atoms with Crippen molar-refractivity contribution < 1.29 is 13.9 Å². The van der Waals surface area contributed by atoms with E-state index in [2.05, 4.69) is 53.9 Å². The standard InChI is InChI=1S/C37H48FN9O2/c1-23(2)33(26-13-28(14-26)45-11-9-25(18-45)36(48)44(3)4)47-20-37(21-47)10-12-46(19-37)34-35(43-42-22-39-34)49-32-8-7-27(38)15-29(32)31-17-41-40-16-30(31)24-5-6-24/h7-8,15-17,22-26,28,33H,5-6,9-14,18-21H2,1-4H3/t25-,26?,28?,33+/m1/s1. The zero-order valence-electron chi connectivity index (χ0n) is 29.1. The minimum Gasteiger partial charge on any atom is -0.434 e. The molecule has 1 amide bonds. The van der Waals surface area contributed by atoms with Crippen molar-refractivity contribution in [3.63, 3.8) is 0 Å². The number of carbonyl (C=O) groups excluding carboxylic acids is 1. The second kappa shape index (κ2) is 12.8. The summed E-state index contributed by atoms with van der Waals surface area (Å²) in [6, 6.07) is 5.75. The van der Waals surface area contributed by atoms with Gasteiger partial charge in [-0.3, -0.25) is 14.6 Å². The molecule has 5 fully saturated rings. The molecule has 5 heterocycles. The van der Waals surface area contributed by atoms with Crippen LogP contribution in [0.4, 0.5) is 10.2 Å². The van der Waals surface area contributed by atoms with Crippen LogP contribution in [0.3, 0.4) is 0 Å². The molecule has 260 valence electrons. The number of ether oxygens (including phenoxy) is 1. The Balaban J connectivity index is 0.918. The molecule has 0 N–H and O–H groups in total. The summed E-state index contributed by atoms with van der Waals surface area (Å²) in [5, 5.41) is 16.6. The van der Waals surface area contributed by atoms with Gasteiger partial charge in [0.15, 0.2) is 5.82 Å². The van der Waals surface area contributed by atoms with Gasteiger partial charge in [0, 0.05) is 75.4 Å². The highest BCUT2D eigenvalue weighted by atomic mass is 19.1. The molecule has 3 aromatic rings. The van der Waals surface area contributed by atoms with Gasteiger partial charge < -0.3 is 14.5 Å². The molecule has 49 heavy (non-hydrogen) atoms. The van der Waals surface area contributed by atoms with Crippen LogP contribution in [0.1, 0.15) is 63.9 Å². The number of carbonyl (C=O) groups is 1. The van der Waals surface area contributed by atoms with E-state index in [1.54, 1.807) is 23.4 Å². The van der Waals surface area contributed by atoms with Gasteiger partial charge >= 0.3 is 0 Å². The Morgan fingerprint density at radius 1 is 1.02 bits per heavy atom. The fourth-order valence-electron chi connectivity index (χ4n) is 9.28. The summed E-state index contributed by atoms with van der Waals surface area (Å²) < 4.78 is 21.0. The molecule has 12 heteroatoms. The third kappa shape index (κ3) is 6.26. The molecule has 8 rings (SSSR count). The lowest BCUT2D eigenvalue weighted by Crippen LogP contribution is -2.65. The average Bonchev–Trinajstić information content (AvgIpc) is 3.62. The van der Waals surface area contributed by atoms with Gasteiger partial charge in [-0.15, -0.1) is 10.2 Å². The monoisotopic (exact) mass is 669 g/mol. The minimum absolute atomic E-state index is 0.156. The quantitative estimate of drug-likeness (QED) is 0.297. The molecule has 0 unspecified atom stereocenters. The summed E-state index contributed by atoms with van der Waals surface area (Å²) >= 11 is 0. The van der Waals surface area contributed by atoms with E-state index in [1.165, 1.54) is 31.3 Å². The Hall–Kier alpha value is -3.77. The lowest BCUT2D eigenvalue weighted by Gasteiger charge is -2.57. The van der Waals surface area contributed by atoms with Gasteiger partial charge in [0.05, 0.1) is 18.3 Å². The second-order valence-corrected chi connectivity index (χ2v) is 15.9. The van der Waals surface area contributed by atoms with Crippen LogP contribution in [0.2, 0.25) is 0 Å². The summed E-state index contributed by atoms with van der Waals surface area (Å²) in [6.45, 7) is 10.7. The molecule has 3 aliphatic heterocycles. The smallest absolute Gasteiger partial charge is 0.282 e. The molecule has 0 radical (unpaired) electrons. The van der Waals surface area contributed by atoms with E-state index in [0.717, 1.165) is 76.1 Å². The minimum atomic E-state index is -0.340. The molecule has 0 bridgehead atoms. The molecule has 1 spiro atoms. The third-order valence-electron chi connectivity index (χ3n) is 11.9. The normalized spacial score (nSPS) is 25.8. The Morgan fingerprint density at radius 3 is 2.57 bits per heavy atom. The van der Waals surface area contributed by atoms with Crippen molar-refractivity contribution >= 4 is 11.7 Å². The van der Waals surface area contributed by atoms with E-state index in [4.69, 9.17) is 4.74 Å². The van der Waals surface area contributed by atoms with Crippen LogP contribution in [0, 0.1) is 29.0 Å². The van der Waals surface area contributed by atoms with Gasteiger partial charge in [0.1, 0.15) is 17.9 Å². The van der Waals surface area contributed by atoms with Gasteiger partial charge in [-0.1, -0.05) is 13.8 Å². The van der Waals surface area contributed by atoms with Crippen LogP contribution < -0.4 is 9.64 Å². The van der Waals surface area contributed by atoms with Crippen LogP contribution in [-0.4, -0.2) is 111 Å². The van der Waals surface area contributed by atoms with Crippen molar-refractivity contribution in [2.24, 2.45) is 23.2 Å². The van der Waals surface area contributed by atoms with Crippen molar-refractivity contribution in [3.8, 4) is 22.8 Å². The van der Waals surface area contributed by atoms with Crippen molar-refractivity contribution in [2.45, 2.75) is 70.4 Å². The van der Waals surface area contributed by atoms with E-state index in [1.807, 2.05) is 14.1 Å². The second-order valence-electron chi connectivity index (χ2n) is 15.9. The molecule has 2 atom stereocenters. The van der Waals surface area contributed by atoms with Gasteiger partial charge in [0.25, 0.3) is 5.88 Å². The zero-order valence-corrected chi connectivity index (χ0v) is 29.1. The van der Waals surface area contributed by atoms with E-state index in [9.17, 15) is 9.18 Å². The number of hydrogen-bond acceptors (Lipinski definition) is 10. The summed E-state index contributed by atoms with van der Waals surface area (Å²) in [5.41, 5.74) is 2.75. The molecule has 5 aliphatic rings. The number of aromatic nitrogens is 5. The maximum atomic E-state index is 14.6. The fourth-order valence-corrected chi connectivity index (χ4v) is 9.28. The zero-order chi connectivity index (χ0) is 33.9. The van der Waals surface area contributed by atoms with E-state index in [0.29, 0.717) is 52.8 Å². The Labute approximate surface area is 288 Å². The Morgan fingerprint density at radius 2 is 1.82 bits per heavy atom. The van der Waals surface area contributed by atoms with Gasteiger partial charge in [-0.2, -0.15) is 10.2 Å². The number of hydrogen-bond donors (Lipinski definition) is 0. The van der Waals surface area contributed by atoms with Crippen molar-refractivity contribution in [1.82, 2.24) is 40.1 Å². The number of benzene rings is 1. The van der Waals surface area contributed by atoms with Crippen molar-refractivity contribution in [1.29, 1.82) is 0 Å². The highest BCUT2D eigenvalue weighted by Crippen LogP contribution is 2.49. The average molecular weight is 670 g/mol. The fraction of sp³-hybridized carbons (Fsp3) is 0.622. The molecule has 1 aromatic carbocycles. The molecule has 2 saturated carbocycles. The number of likely N-dealkylation sites (tertiary alicyclic amines) is 2. The van der Waals surface area contributed by atoms with Crippen LogP contribution in [0.15, 0.2) is 36.9 Å². The third-order valence-corrected chi connectivity index (χ3v) is 11.9. The SMILES string of the molecule is CC(C)[C@@H](C1CC(N2CC[C@@H](C(=O)N(C)C)C2)C1)N1CC2(CCN(c3ncnnc3Oc3ccc(F)cc3-c3cnncc3C3CC3)C2)C1. The van der Waals surface area contributed by atoms with Crippen LogP contribution in [-0.2, 0) is 4.79 Å². The molecule has 3 saturated heterocycles. The van der Waals surface area contributed by atoms with Crippen molar-refractivity contribution in [2.75, 3.05) is 58.3 Å². The first-order valence-electron chi connectivity index (χ1n) is 18.1. The first-order chi connectivity index (χ1) is 23.7. The van der Waals surface area contributed by atoms with Crippen LogP contribution >= 0.6 is 0 Å². The number of amides is 1. The summed E-state index contributed by atoms with van der Waals surface area (Å²) in [6.07, 6.45) is 11.7. The molecular weight excluding hydrogens is 621 g/mol. The lowest BCUT2D eigenvalue weighted by atomic mass is 9.68. The first kappa shape index (κ1) is 32.4. The number of anilines is 1. The van der Waals surface area contributed by atoms with E-state index >= 15 is 0 Å². The van der Waals surface area contributed by atoms with Crippen LogP contribution in [0.5, 0.6) is 11.6 Å². The molecular formula is C37H48FN9O2. The Bertz CT molecular complexity index is 1690. The summed E-state index contributed by atoms with van der Waals surface area (Å²) in [4.78, 5) is 26.5. The van der Waals surface area contributed by atoms with Gasteiger partial charge in [-0.25, -0.2) is 9.37 Å². The largest absolute Gasteiger partial charge is 0.434 e. The highest BCUT2D eigenvalue weighted by Gasteiger charge is 2.53. The summed E-state index contributed by atoms with van der Waals surface area (Å²) in [7, 11) is 3.74. The number of nitrogens with zero attached hydrogens (tertiary/aromatic N) is 9. The van der Waals surface area contributed by atoms with E-state index in [-0.39, 0.29) is 23.1 Å². The number of rotatable bonds is 10. The molecule has 2 aliphatic carbocycles. The number of halogens is 1. The highest BCUT2D eigenvalue weighted by molar-refractivity contribution is 5.79. The predicted molar refractivity (Wildman–Crippen MR) is 184 cm³/mol. The maximum Gasteiger partial charge on any atom is 0.282 e. The van der Waals surface area contributed by atoms with Crippen LogP contribution in [0.25, 0.3) is 11.1 Å². The predicted octanol–water partition coefficient (Wildman–Crippen LogP) is 4.86. The van der Waals surface area contributed by atoms with E-state index < -0.39 is 0 Å². The molecule has 2 aromatic heterocycles. The Kier molecular flexibility index (Phi) is 8.50. The summed E-state index contributed by atoms with van der Waals surface area (Å²) in [5.74, 6) is 3.30. The topological polar surface area (TPSA) is 104 Å².